The number of allylic oxidation sites excluding steroid dienone is 1. The number of imide groups is 1. The van der Waals surface area contributed by atoms with Gasteiger partial charge in [-0.15, -0.1) is 34.0 Å². The average Bonchev–Trinajstić information content (AvgIpc) is 3.39. The van der Waals surface area contributed by atoms with Gasteiger partial charge >= 0.3 is 11.9 Å². The molecule has 1 aliphatic heterocycles. The number of aliphatic hydroxyl groups excluding tert-OH is 2. The Morgan fingerprint density at radius 3 is 1.94 bits per heavy atom. The number of aliphatic carboxylic acids is 1. The number of carboxylic acids is 1. The minimum absolute atomic E-state index is 0.0124. The Labute approximate surface area is 501 Å². The van der Waals surface area contributed by atoms with E-state index in [4.69, 9.17) is 13.9 Å². The molecule has 7 rings (SSSR count). The Kier molecular flexibility index (Phi) is 20.2. The quantitative estimate of drug-likeness (QED) is 0.0629. The summed E-state index contributed by atoms with van der Waals surface area (Å²) in [5.41, 5.74) is -4.63. The monoisotopic (exact) mass is 1250 g/mol. The van der Waals surface area contributed by atoms with Crippen molar-refractivity contribution in [1.29, 1.82) is 0 Å². The molecular weight excluding hydrogens is 1200 g/mol. The van der Waals surface area contributed by atoms with E-state index < -0.39 is 130 Å². The van der Waals surface area contributed by atoms with Crippen LogP contribution in [0.5, 0.6) is 0 Å². The van der Waals surface area contributed by atoms with Crippen LogP contribution in [0.2, 0.25) is 0 Å². The van der Waals surface area contributed by atoms with Crippen LogP contribution in [0.15, 0.2) is 117 Å². The second-order valence-corrected chi connectivity index (χ2v) is 20.6. The predicted octanol–water partition coefficient (Wildman–Crippen LogP) is 0.752. The maximum absolute atomic E-state index is 13.9. The van der Waals surface area contributed by atoms with Crippen molar-refractivity contribution in [3.8, 4) is 21.8 Å². The SMILES string of the molecule is C=C(NC(=O)C(=C)NC(=O)C(=C)NC(=O)C(=C)NC(=O)c1cc2c(cn1)-c1coc(n1)C(=O)NC(=O)C(=C)NC(=O)c1csc(n1)C(C)NC(=O)c1csc(n1)CNC(=O)c1coc(n1)/C(=C/CC)NC(O)C(C(C)O)NC(=O)c1csc-2n1)C(=O)O. The Morgan fingerprint density at radius 1 is 0.690 bits per heavy atom. The third-order valence-corrected chi connectivity index (χ3v) is 14.2. The summed E-state index contributed by atoms with van der Waals surface area (Å²) in [5, 5.41) is 58.9. The highest BCUT2D eigenvalue weighted by Crippen LogP contribution is 2.34. The molecule has 0 aliphatic carbocycles. The van der Waals surface area contributed by atoms with Gasteiger partial charge in [-0.05, 0) is 26.3 Å². The minimum Gasteiger partial charge on any atom is -0.477 e. The van der Waals surface area contributed by atoms with Gasteiger partial charge in [0.05, 0.1) is 53.2 Å². The number of nitrogens with one attached hydrogen (secondary N) is 10. The normalized spacial score (nSPS) is 16.9. The summed E-state index contributed by atoms with van der Waals surface area (Å²) < 4.78 is 11.0. The number of oxazole rings is 2. The fraction of sp³-hybridized carbons (Fsp3) is 0.173. The number of rotatable bonds is 11. The Bertz CT molecular complexity index is 3920. The van der Waals surface area contributed by atoms with Crippen LogP contribution in [-0.2, 0) is 30.5 Å². The summed E-state index contributed by atoms with van der Waals surface area (Å²) in [6, 6.07) is -1.11. The molecule has 6 aromatic heterocycles. The number of carbonyl (C=O) groups is 11. The van der Waals surface area contributed by atoms with Gasteiger partial charge in [0, 0.05) is 33.5 Å². The number of aliphatic hydroxyl groups is 2. The molecule has 32 nitrogen and oxygen atoms in total. The van der Waals surface area contributed by atoms with E-state index >= 15 is 0 Å². The molecule has 4 unspecified atom stereocenters. The number of thiazole rings is 3. The Hall–Kier alpha value is -11.0. The highest BCUT2D eigenvalue weighted by atomic mass is 32.1. The van der Waals surface area contributed by atoms with Crippen molar-refractivity contribution in [2.45, 2.75) is 58.2 Å². The Morgan fingerprint density at radius 2 is 1.28 bits per heavy atom. The first-order valence-corrected chi connectivity index (χ1v) is 27.5. The van der Waals surface area contributed by atoms with Gasteiger partial charge < -0.3 is 72.0 Å². The number of carboxylic acid groups (broad SMARTS) is 1. The molecule has 0 saturated carbocycles. The van der Waals surface area contributed by atoms with Gasteiger partial charge in [-0.25, -0.2) is 29.7 Å². The van der Waals surface area contributed by atoms with E-state index in [9.17, 15) is 63.0 Å². The molecule has 87 heavy (non-hydrogen) atoms. The van der Waals surface area contributed by atoms with Crippen molar-refractivity contribution in [2.24, 2.45) is 0 Å². The molecule has 0 saturated heterocycles. The smallest absolute Gasteiger partial charge is 0.351 e. The van der Waals surface area contributed by atoms with E-state index in [1.807, 2.05) is 16.0 Å². The lowest BCUT2D eigenvalue weighted by atomic mass is 10.1. The molecule has 1 aliphatic rings. The van der Waals surface area contributed by atoms with Crippen LogP contribution in [0.1, 0.15) is 112 Å². The lowest BCUT2D eigenvalue weighted by Gasteiger charge is -2.27. The summed E-state index contributed by atoms with van der Waals surface area (Å²) in [7, 11) is 0. The number of pyridine rings is 1. The van der Waals surface area contributed by atoms with Crippen LogP contribution in [-0.4, -0.2) is 129 Å². The van der Waals surface area contributed by atoms with E-state index in [-0.39, 0.29) is 67.7 Å². The van der Waals surface area contributed by atoms with E-state index in [0.29, 0.717) is 11.4 Å². The lowest BCUT2D eigenvalue weighted by molar-refractivity contribution is -0.134. The number of fused-ring (bicyclic) bond motifs is 13. The topological polar surface area (TPSA) is 472 Å². The fourth-order valence-electron chi connectivity index (χ4n) is 7.03. The minimum atomic E-state index is -1.77. The molecule has 0 radical (unpaired) electrons. The molecule has 0 spiro atoms. The van der Waals surface area contributed by atoms with Gasteiger partial charge in [-0.1, -0.05) is 45.9 Å². The summed E-state index contributed by atoms with van der Waals surface area (Å²) >= 11 is 2.90. The first-order chi connectivity index (χ1) is 41.2. The Balaban J connectivity index is 1.16. The van der Waals surface area contributed by atoms with Crippen molar-refractivity contribution in [2.75, 3.05) is 0 Å². The molecule has 4 atom stereocenters. The lowest BCUT2D eigenvalue weighted by Crippen LogP contribution is -2.54. The van der Waals surface area contributed by atoms with Crippen LogP contribution >= 0.6 is 34.0 Å². The number of hydrogen-bond donors (Lipinski definition) is 13. The highest BCUT2D eigenvalue weighted by Gasteiger charge is 2.31. The summed E-state index contributed by atoms with van der Waals surface area (Å²) in [6.45, 7) is 21.3. The molecule has 35 heteroatoms. The van der Waals surface area contributed by atoms with Gasteiger partial charge in [0.25, 0.3) is 59.1 Å². The highest BCUT2D eigenvalue weighted by molar-refractivity contribution is 7.13. The van der Waals surface area contributed by atoms with Crippen LogP contribution in [0.3, 0.4) is 0 Å². The standard InChI is InChI=1S/C52H48N16O16S3/c1-9-10-28-48-64-31(15-83-48)41(74)54-13-35-61-32(16-85-35)43(76)59-23(6)50-65-33(17-86-50)44(77)58-22(5)40(73)68-47(80)49-63-30(14-84-49)27-12-53-29(11-26(27)51-66-34(18-87-51)45(78)67-36(25(8)69)46(79)62-28)42(75)57-21(4)38(71)55-19(2)37(70)56-20(3)39(72)60-24(7)52(81)82/h10-12,14-18,23,25,36,46,62,69,79H,2-5,7,9,13H2,1,6,8H3,(H,54,74)(H,55,71)(H,56,70)(H,57,75)(H,58,77)(H,59,76)(H,60,72)(H,67,78)(H,81,82)(H,68,73,80)/b28-10-. The van der Waals surface area contributed by atoms with Crippen LogP contribution in [0.4, 0.5) is 0 Å². The molecule has 10 amide bonds. The zero-order valence-electron chi connectivity index (χ0n) is 45.4. The zero-order valence-corrected chi connectivity index (χ0v) is 47.9. The average molecular weight is 1250 g/mol. The van der Waals surface area contributed by atoms with Crippen LogP contribution < -0.4 is 53.2 Å². The molecule has 6 aromatic rings. The number of amides is 10. The second kappa shape index (κ2) is 27.6. The fourth-order valence-corrected chi connectivity index (χ4v) is 9.38. The van der Waals surface area contributed by atoms with Gasteiger partial charge in [-0.2, -0.15) is 0 Å². The number of nitrogens with zero attached hydrogens (tertiary/aromatic N) is 6. The van der Waals surface area contributed by atoms with Crippen molar-refractivity contribution in [3.05, 3.63) is 159 Å². The van der Waals surface area contributed by atoms with Gasteiger partial charge in [0.2, 0.25) is 5.89 Å². The third-order valence-electron chi connectivity index (χ3n) is 11.5. The molecule has 0 aromatic carbocycles. The molecule has 0 fully saturated rings. The van der Waals surface area contributed by atoms with E-state index in [1.165, 1.54) is 23.1 Å². The maximum Gasteiger partial charge on any atom is 0.351 e. The van der Waals surface area contributed by atoms with Gasteiger partial charge in [0.1, 0.15) is 67.9 Å². The number of aromatic nitrogens is 6. The molecule has 450 valence electrons. The van der Waals surface area contributed by atoms with E-state index in [0.717, 1.165) is 58.8 Å². The van der Waals surface area contributed by atoms with Crippen molar-refractivity contribution < 1.29 is 76.9 Å². The largest absolute Gasteiger partial charge is 0.477 e. The number of hydrogen-bond acceptors (Lipinski definition) is 25. The van der Waals surface area contributed by atoms with Gasteiger partial charge in [-0.3, -0.25) is 58.2 Å². The van der Waals surface area contributed by atoms with Crippen LogP contribution in [0.25, 0.3) is 27.5 Å². The third kappa shape index (κ3) is 15.8. The van der Waals surface area contributed by atoms with Crippen molar-refractivity contribution >= 4 is 105 Å². The summed E-state index contributed by atoms with van der Waals surface area (Å²) in [5.74, 6) is -12.7. The van der Waals surface area contributed by atoms with Gasteiger partial charge in [0.15, 0.2) is 5.69 Å². The van der Waals surface area contributed by atoms with Crippen molar-refractivity contribution in [1.82, 2.24) is 83.1 Å². The first-order valence-electron chi connectivity index (χ1n) is 24.8. The molecular formula is C52H48N16O16S3. The zero-order chi connectivity index (χ0) is 63.6. The maximum atomic E-state index is 13.9. The predicted molar refractivity (Wildman–Crippen MR) is 304 cm³/mol. The van der Waals surface area contributed by atoms with E-state index in [1.54, 1.807) is 19.9 Å². The summed E-state index contributed by atoms with van der Waals surface area (Å²) in [6.07, 6.45) is 1.75. The van der Waals surface area contributed by atoms with Crippen LogP contribution in [0, 0.1) is 0 Å². The number of carbonyl (C=O) groups excluding carboxylic acids is 10. The second-order valence-electron chi connectivity index (χ2n) is 17.9. The molecule has 13 N–H and O–H groups in total. The summed E-state index contributed by atoms with van der Waals surface area (Å²) in [4.78, 5) is 168. The molecule has 10 bridgehead atoms. The molecule has 7 heterocycles. The van der Waals surface area contributed by atoms with E-state index in [2.05, 4.69) is 100 Å². The van der Waals surface area contributed by atoms with Crippen molar-refractivity contribution in [3.63, 3.8) is 0 Å². The first kappa shape index (κ1) is 63.6.